The molecular weight excluding hydrogens is 1590 g/mol. The molecule has 4 saturated carbocycles. The standard InChI is InChI=1S/C24H24ClF2N3O3S.C16H25NO2S.C11H17NO4.C10H10ClF2N.C10H11IO4.CH3NO2.3CH4.H3N/c1-34(28,33)15-4-2-3-13(7-15)24(32)30-20-8-14(20)9-21(30)23(31)29-22(12-5-6-12)16-10-19(27)17(25)11-18(16)26;1-15(2,3)17(16(4,5)6)14(18)12-9-8-10-13(11-12)20(7)19;1-11(2,3)16-10(15)12-7-4-6(7)5-8(12)9(13)14;11-7-4-8(12)6(3-9(7)13)10(14)5-1-2-5;1-8(12)14-11(15-9(2)13)10-6-4-3-5-7-10;2-1(3)4;;;;/h2-4,7,10-12,14,20-22,28H,5-6,8-9H2,1H3,(H,29,31);8-11H,1-7H3;6-8H,4-5H2,1-3H3,(H,13,14);3-5,10H,1-2,14H2;3-7H,1-2H3;2H2,(H,3,4);3*1H4;1H3/t14-,20-,21-,22-,34?;;6-,7-,8-;10-;;;;;;/m1.11....../s1. The average molecular weight is 1700 g/mol. The van der Waals surface area contributed by atoms with Crippen molar-refractivity contribution in [2.75, 3.05) is 12.5 Å². The van der Waals surface area contributed by atoms with E-state index in [9.17, 15) is 59.5 Å². The Bertz CT molecular complexity index is 4070. The van der Waals surface area contributed by atoms with E-state index >= 15 is 0 Å². The van der Waals surface area contributed by atoms with E-state index in [4.69, 9.17) is 59.6 Å². The minimum Gasteiger partial charge on any atom is -0.480 e. The largest absolute Gasteiger partial charge is 0.480 e. The molecule has 11 N–H and O–H groups in total. The molecule has 23 nitrogen and oxygen atoms in total. The molecule has 2 unspecified atom stereocenters. The molecule has 2 heterocycles. The molecular formula is C75H105Cl2F4IN8O15S2. The van der Waals surface area contributed by atoms with E-state index in [1.807, 2.05) is 64.6 Å². The van der Waals surface area contributed by atoms with Crippen LogP contribution in [0.25, 0.3) is 0 Å². The van der Waals surface area contributed by atoms with Crippen LogP contribution in [-0.4, -0.2) is 135 Å². The second-order valence-corrected chi connectivity index (χ2v) is 36.4. The minimum atomic E-state index is -3.00. The summed E-state index contributed by atoms with van der Waals surface area (Å²) >= 11 is 8.53. The SMILES string of the molecule is C.C.C.CC(=O)OI(OC(C)=O)c1ccccc1.CC(C)(C)OC(=O)N1[C@@H](C(=O)O)C[C@H]2C[C@H]21.CS(=N)(=O)c1cccc(C(=O)N2[C@@H](C(=O)N[C@@H](c3cc(F)c(Cl)cc3F)C3CC3)C[C@H]3C[C@H]32)c1.CS(=O)c1cccc(C(=O)N(C(C)(C)C)C(C)(C)C)c1.N.NC(=O)O.N[C@@H](c1cc(F)c(Cl)cc1F)C1CC1. The fourth-order valence-electron chi connectivity index (χ4n) is 12.0. The number of carbonyl (C=O) groups excluding carboxylic acids is 6. The van der Waals surface area contributed by atoms with Crippen molar-refractivity contribution in [1.82, 2.24) is 26.2 Å². The van der Waals surface area contributed by atoms with Gasteiger partial charge in [0.05, 0.1) is 25.8 Å². The molecule has 32 heteroatoms. The van der Waals surface area contributed by atoms with E-state index in [1.165, 1.54) is 31.1 Å². The average Bonchev–Trinajstić information content (AvgIpc) is 1.58. The van der Waals surface area contributed by atoms with Crippen molar-refractivity contribution >= 4 is 112 Å². The third-order valence-corrected chi connectivity index (χ3v) is 23.1. The molecule has 107 heavy (non-hydrogen) atoms. The van der Waals surface area contributed by atoms with Gasteiger partial charge < -0.3 is 47.7 Å². The molecule has 6 fully saturated rings. The first kappa shape index (κ1) is 95.6. The molecule has 0 bridgehead atoms. The van der Waals surface area contributed by atoms with Crippen LogP contribution < -0.4 is 22.9 Å². The number of aliphatic carboxylic acids is 1. The number of amides is 5. The molecule has 5 amide bonds. The first-order valence-corrected chi connectivity index (χ1v) is 40.0. The van der Waals surface area contributed by atoms with Gasteiger partial charge in [0.25, 0.3) is 11.8 Å². The van der Waals surface area contributed by atoms with E-state index in [0.29, 0.717) is 35.1 Å². The monoisotopic (exact) mass is 1690 g/mol. The predicted octanol–water partition coefficient (Wildman–Crippen LogP) is 16.5. The van der Waals surface area contributed by atoms with Crippen molar-refractivity contribution in [3.63, 3.8) is 0 Å². The number of primary amides is 1. The Labute approximate surface area is 646 Å². The Hall–Kier alpha value is -7.49. The minimum absolute atomic E-state index is 0. The number of hydrogen-bond donors (Lipinski definition) is 7. The van der Waals surface area contributed by atoms with Gasteiger partial charge in [-0.05, 0) is 198 Å². The number of nitrogens with one attached hydrogen (secondary N) is 2. The van der Waals surface area contributed by atoms with Crippen LogP contribution in [0.3, 0.4) is 0 Å². The summed E-state index contributed by atoms with van der Waals surface area (Å²) in [5.41, 5.74) is 9.80. The fourth-order valence-corrected chi connectivity index (χ4v) is 16.3. The summed E-state index contributed by atoms with van der Waals surface area (Å²) in [6.45, 7) is 20.1. The third-order valence-electron chi connectivity index (χ3n) is 16.7. The van der Waals surface area contributed by atoms with Gasteiger partial charge in [-0.25, -0.2) is 40.9 Å². The third kappa shape index (κ3) is 27.8. The van der Waals surface area contributed by atoms with E-state index in [0.717, 1.165) is 66.4 Å². The Kier molecular flexibility index (Phi) is 35.5. The number of nitrogens with two attached hydrogens (primary N) is 2. The number of piperidine rings is 2. The molecule has 6 aliphatic rings. The molecule has 11 rings (SSSR count). The molecule has 596 valence electrons. The molecule has 0 spiro atoms. The van der Waals surface area contributed by atoms with Gasteiger partial charge in [0.1, 0.15) is 41.0 Å². The van der Waals surface area contributed by atoms with Crippen LogP contribution in [0.1, 0.15) is 194 Å². The van der Waals surface area contributed by atoms with Gasteiger partial charge in [-0.3, -0.25) is 23.5 Å². The van der Waals surface area contributed by atoms with E-state index in [2.05, 4.69) is 11.1 Å². The molecule has 0 aromatic heterocycles. The number of carboxylic acids is 1. The molecule has 5 aromatic carbocycles. The Balaban J connectivity index is 0.000000465. The number of carbonyl (C=O) groups is 8. The molecule has 4 aliphatic carbocycles. The number of likely N-dealkylation sites (tertiary alicyclic amines) is 2. The summed E-state index contributed by atoms with van der Waals surface area (Å²) in [4.78, 5) is 98.6. The van der Waals surface area contributed by atoms with Crippen molar-refractivity contribution in [1.29, 1.82) is 4.78 Å². The summed E-state index contributed by atoms with van der Waals surface area (Å²) in [6.07, 6.45) is 7.42. The first-order chi connectivity index (χ1) is 47.7. The summed E-state index contributed by atoms with van der Waals surface area (Å²) in [6, 6.07) is 23.8. The van der Waals surface area contributed by atoms with Gasteiger partial charge in [0.15, 0.2) is 0 Å². The fraction of sp³-hybridized carbons (Fsp3) is 0.493. The number of benzene rings is 5. The number of rotatable bonds is 14. The number of fused-ring (bicyclic) bond motifs is 2. The van der Waals surface area contributed by atoms with Crippen LogP contribution >= 0.6 is 43.9 Å². The van der Waals surface area contributed by atoms with Crippen molar-refractivity contribution in [2.24, 2.45) is 35.1 Å². The van der Waals surface area contributed by atoms with Crippen LogP contribution in [0.15, 0.2) is 113 Å². The summed E-state index contributed by atoms with van der Waals surface area (Å²) < 4.78 is 103. The molecule has 5 aromatic rings. The zero-order valence-corrected chi connectivity index (χ0v) is 65.4. The topological polar surface area (TPSA) is 371 Å². The zero-order valence-electron chi connectivity index (χ0n) is 60.1. The quantitative estimate of drug-likeness (QED) is 0.0308. The number of halogens is 7. The number of hydrogen-bond acceptors (Lipinski definition) is 16. The summed E-state index contributed by atoms with van der Waals surface area (Å²) in [7, 11) is -4.08. The van der Waals surface area contributed by atoms with Crippen LogP contribution in [0.5, 0.6) is 0 Å². The van der Waals surface area contributed by atoms with Crippen LogP contribution in [0.2, 0.25) is 10.0 Å². The number of nitrogens with zero attached hydrogens (tertiary/aromatic N) is 3. The van der Waals surface area contributed by atoms with Gasteiger partial charge in [-0.1, -0.05) is 57.6 Å². The van der Waals surface area contributed by atoms with E-state index in [-0.39, 0.29) is 107 Å². The van der Waals surface area contributed by atoms with Gasteiger partial charge >= 0.3 is 114 Å². The maximum Gasteiger partial charge on any atom is 0.411 e. The van der Waals surface area contributed by atoms with Crippen LogP contribution in [0, 0.1) is 55.3 Å². The number of carboxylic acid groups (broad SMARTS) is 2. The zero-order chi connectivity index (χ0) is 77.3. The Morgan fingerprint density at radius 3 is 1.57 bits per heavy atom. The molecule has 2 saturated heterocycles. The van der Waals surface area contributed by atoms with Gasteiger partial charge in [-0.2, -0.15) is 0 Å². The Morgan fingerprint density at radius 1 is 0.664 bits per heavy atom. The summed E-state index contributed by atoms with van der Waals surface area (Å²) in [5.74, 6) is -4.26. The normalized spacial score (nSPS) is 19.7. The number of ether oxygens (including phenoxy) is 1. The maximum atomic E-state index is 14.6. The first-order valence-electron chi connectivity index (χ1n) is 32.9. The molecule has 2 aliphatic heterocycles. The van der Waals surface area contributed by atoms with Crippen molar-refractivity contribution in [3.8, 4) is 0 Å². The summed E-state index contributed by atoms with van der Waals surface area (Å²) in [5, 5.41) is 18.6. The van der Waals surface area contributed by atoms with Crippen molar-refractivity contribution in [2.45, 2.75) is 213 Å². The second-order valence-electron chi connectivity index (χ2n) is 28.7. The second kappa shape index (κ2) is 39.7. The van der Waals surface area contributed by atoms with Gasteiger partial charge in [-0.15, -0.1) is 0 Å². The van der Waals surface area contributed by atoms with Gasteiger partial charge in [0, 0.05) is 84.6 Å². The van der Waals surface area contributed by atoms with E-state index in [1.54, 1.807) is 86.5 Å². The maximum absolute atomic E-state index is 14.6. The van der Waals surface area contributed by atoms with Crippen LogP contribution in [-0.2, 0) is 50.6 Å². The Morgan fingerprint density at radius 2 is 1.12 bits per heavy atom. The van der Waals surface area contributed by atoms with Crippen molar-refractivity contribution < 1.29 is 85.4 Å². The van der Waals surface area contributed by atoms with Crippen LogP contribution in [0.4, 0.5) is 27.2 Å². The smallest absolute Gasteiger partial charge is 0.411 e. The predicted molar refractivity (Wildman–Crippen MR) is 415 cm³/mol. The van der Waals surface area contributed by atoms with E-state index < -0.39 is 130 Å². The molecule has 10 atom stereocenters. The van der Waals surface area contributed by atoms with Crippen molar-refractivity contribution in [3.05, 3.63) is 162 Å². The van der Waals surface area contributed by atoms with Gasteiger partial charge in [0.2, 0.25) is 5.91 Å². The molecule has 0 radical (unpaired) electrons.